The summed E-state index contributed by atoms with van der Waals surface area (Å²) in [6.07, 6.45) is 7.52. The van der Waals surface area contributed by atoms with Gasteiger partial charge in [0.2, 0.25) is 0 Å². The van der Waals surface area contributed by atoms with Gasteiger partial charge in [-0.15, -0.1) is 11.3 Å². The van der Waals surface area contributed by atoms with E-state index in [-0.39, 0.29) is 5.56 Å². The summed E-state index contributed by atoms with van der Waals surface area (Å²) < 4.78 is 3.55. The van der Waals surface area contributed by atoms with Crippen molar-refractivity contribution in [2.45, 2.75) is 0 Å². The quantitative estimate of drug-likeness (QED) is 0.706. The second kappa shape index (κ2) is 4.27. The van der Waals surface area contributed by atoms with Gasteiger partial charge in [-0.05, 0) is 24.3 Å². The second-order valence-corrected chi connectivity index (χ2v) is 4.83. The standard InChI is InChI=1S/C13H11N3OS/c1-15-6-2-3-11(15)5-4-10-9-12(17)16-7-8-18-13(16)14-10/h2-9H,1H3/b5-4+. The minimum atomic E-state index is -0.0484. The van der Waals surface area contributed by atoms with E-state index in [1.54, 1.807) is 16.7 Å². The van der Waals surface area contributed by atoms with Crippen LogP contribution in [-0.2, 0) is 7.05 Å². The third-order valence-corrected chi connectivity index (χ3v) is 3.49. The Labute approximate surface area is 107 Å². The van der Waals surface area contributed by atoms with Crippen LogP contribution in [0.25, 0.3) is 17.1 Å². The molecular formula is C13H11N3OS. The summed E-state index contributed by atoms with van der Waals surface area (Å²) in [6.45, 7) is 0. The maximum Gasteiger partial charge on any atom is 0.259 e. The first-order valence-corrected chi connectivity index (χ1v) is 6.38. The van der Waals surface area contributed by atoms with Gasteiger partial charge >= 0.3 is 0 Å². The lowest BCUT2D eigenvalue weighted by Gasteiger charge is -1.97. The number of aryl methyl sites for hydroxylation is 1. The van der Waals surface area contributed by atoms with Crippen molar-refractivity contribution >= 4 is 28.4 Å². The van der Waals surface area contributed by atoms with E-state index in [4.69, 9.17) is 0 Å². The lowest BCUT2D eigenvalue weighted by Crippen LogP contribution is -2.11. The van der Waals surface area contributed by atoms with Crippen LogP contribution in [0.3, 0.4) is 0 Å². The van der Waals surface area contributed by atoms with E-state index in [0.29, 0.717) is 10.7 Å². The van der Waals surface area contributed by atoms with Crippen LogP contribution >= 0.6 is 11.3 Å². The lowest BCUT2D eigenvalue weighted by atomic mass is 10.3. The first-order chi connectivity index (χ1) is 8.74. The molecule has 3 rings (SSSR count). The molecule has 0 fully saturated rings. The van der Waals surface area contributed by atoms with Crippen LogP contribution in [0.15, 0.2) is 40.8 Å². The van der Waals surface area contributed by atoms with Gasteiger partial charge in [-0.3, -0.25) is 9.20 Å². The predicted molar refractivity (Wildman–Crippen MR) is 73.7 cm³/mol. The molecule has 0 bridgehead atoms. The van der Waals surface area contributed by atoms with Crippen molar-refractivity contribution in [3.63, 3.8) is 0 Å². The van der Waals surface area contributed by atoms with E-state index in [0.717, 1.165) is 5.69 Å². The van der Waals surface area contributed by atoms with Crippen molar-refractivity contribution in [3.05, 3.63) is 57.7 Å². The van der Waals surface area contributed by atoms with E-state index in [9.17, 15) is 4.79 Å². The van der Waals surface area contributed by atoms with Crippen molar-refractivity contribution in [1.29, 1.82) is 0 Å². The molecule has 90 valence electrons. The van der Waals surface area contributed by atoms with Crippen molar-refractivity contribution in [1.82, 2.24) is 14.0 Å². The van der Waals surface area contributed by atoms with Gasteiger partial charge in [0.1, 0.15) is 0 Å². The molecule has 0 aromatic carbocycles. The summed E-state index contributed by atoms with van der Waals surface area (Å²) in [5.41, 5.74) is 1.71. The van der Waals surface area contributed by atoms with Crippen molar-refractivity contribution < 1.29 is 0 Å². The molecule has 3 heterocycles. The van der Waals surface area contributed by atoms with Gasteiger partial charge in [0.25, 0.3) is 5.56 Å². The monoisotopic (exact) mass is 257 g/mol. The molecule has 0 aliphatic rings. The number of hydrogen-bond acceptors (Lipinski definition) is 3. The number of hydrogen-bond donors (Lipinski definition) is 0. The number of fused-ring (bicyclic) bond motifs is 1. The van der Waals surface area contributed by atoms with Gasteiger partial charge in [0.05, 0.1) is 5.69 Å². The Morgan fingerprint density at radius 1 is 1.33 bits per heavy atom. The summed E-state index contributed by atoms with van der Waals surface area (Å²) in [6, 6.07) is 5.52. The van der Waals surface area contributed by atoms with Gasteiger partial charge in [-0.2, -0.15) is 0 Å². The Balaban J connectivity index is 2.03. The highest BCUT2D eigenvalue weighted by molar-refractivity contribution is 7.15. The molecule has 0 saturated carbocycles. The van der Waals surface area contributed by atoms with E-state index in [1.165, 1.54) is 11.3 Å². The molecule has 0 N–H and O–H groups in total. The van der Waals surface area contributed by atoms with Crippen LogP contribution in [-0.4, -0.2) is 14.0 Å². The normalized spacial score (nSPS) is 11.6. The van der Waals surface area contributed by atoms with Crippen LogP contribution in [0.2, 0.25) is 0 Å². The Hall–Kier alpha value is -2.14. The van der Waals surface area contributed by atoms with Gasteiger partial charge in [-0.25, -0.2) is 4.98 Å². The topological polar surface area (TPSA) is 39.3 Å². The SMILES string of the molecule is Cn1cccc1/C=C/c1cc(=O)n2ccsc2n1. The molecular weight excluding hydrogens is 246 g/mol. The molecule has 3 aromatic heterocycles. The van der Waals surface area contributed by atoms with Gasteiger partial charge in [0, 0.05) is 36.6 Å². The maximum atomic E-state index is 11.8. The largest absolute Gasteiger partial charge is 0.351 e. The van der Waals surface area contributed by atoms with E-state index in [1.807, 2.05) is 47.5 Å². The number of aromatic nitrogens is 3. The second-order valence-electron chi connectivity index (χ2n) is 3.95. The molecule has 4 nitrogen and oxygen atoms in total. The van der Waals surface area contributed by atoms with Gasteiger partial charge < -0.3 is 4.57 Å². The molecule has 5 heteroatoms. The smallest absolute Gasteiger partial charge is 0.259 e. The minimum Gasteiger partial charge on any atom is -0.351 e. The number of rotatable bonds is 2. The molecule has 3 aromatic rings. The molecule has 0 aliphatic carbocycles. The first-order valence-electron chi connectivity index (χ1n) is 5.50. The summed E-state index contributed by atoms with van der Waals surface area (Å²) in [5, 5.41) is 1.86. The summed E-state index contributed by atoms with van der Waals surface area (Å²) >= 11 is 1.45. The summed E-state index contributed by atoms with van der Waals surface area (Å²) in [4.78, 5) is 16.9. The fraction of sp³-hybridized carbons (Fsp3) is 0.0769. The lowest BCUT2D eigenvalue weighted by molar-refractivity contribution is 0.915. The zero-order chi connectivity index (χ0) is 12.5. The highest BCUT2D eigenvalue weighted by Crippen LogP contribution is 2.09. The summed E-state index contributed by atoms with van der Waals surface area (Å²) in [7, 11) is 1.98. The van der Waals surface area contributed by atoms with E-state index in [2.05, 4.69) is 4.98 Å². The number of thiazole rings is 1. The number of nitrogens with zero attached hydrogens (tertiary/aromatic N) is 3. The van der Waals surface area contributed by atoms with Crippen LogP contribution in [0.1, 0.15) is 11.4 Å². The fourth-order valence-electron chi connectivity index (χ4n) is 1.76. The Morgan fingerprint density at radius 2 is 2.22 bits per heavy atom. The van der Waals surface area contributed by atoms with E-state index < -0.39 is 0 Å². The van der Waals surface area contributed by atoms with E-state index >= 15 is 0 Å². The zero-order valence-electron chi connectivity index (χ0n) is 9.78. The third-order valence-electron chi connectivity index (χ3n) is 2.73. The molecule has 0 aliphatic heterocycles. The zero-order valence-corrected chi connectivity index (χ0v) is 10.6. The first kappa shape index (κ1) is 11.0. The molecule has 18 heavy (non-hydrogen) atoms. The van der Waals surface area contributed by atoms with Crippen LogP contribution in [0.4, 0.5) is 0 Å². The average molecular weight is 257 g/mol. The average Bonchev–Trinajstić information content (AvgIpc) is 2.95. The highest BCUT2D eigenvalue weighted by atomic mass is 32.1. The highest BCUT2D eigenvalue weighted by Gasteiger charge is 2.00. The fourth-order valence-corrected chi connectivity index (χ4v) is 2.49. The molecule has 0 spiro atoms. The van der Waals surface area contributed by atoms with Crippen molar-refractivity contribution in [2.24, 2.45) is 7.05 Å². The van der Waals surface area contributed by atoms with Gasteiger partial charge in [0.15, 0.2) is 4.96 Å². The minimum absolute atomic E-state index is 0.0484. The molecule has 0 amide bonds. The van der Waals surface area contributed by atoms with Crippen LogP contribution in [0, 0.1) is 0 Å². The third kappa shape index (κ3) is 1.89. The maximum absolute atomic E-state index is 11.8. The Bertz CT molecular complexity index is 779. The molecule has 0 radical (unpaired) electrons. The molecule has 0 saturated heterocycles. The molecule has 0 atom stereocenters. The summed E-state index contributed by atoms with van der Waals surface area (Å²) in [5.74, 6) is 0. The van der Waals surface area contributed by atoms with Crippen LogP contribution < -0.4 is 5.56 Å². The van der Waals surface area contributed by atoms with Crippen molar-refractivity contribution in [2.75, 3.05) is 0 Å². The Morgan fingerprint density at radius 3 is 3.00 bits per heavy atom. The van der Waals surface area contributed by atoms with Gasteiger partial charge in [-0.1, -0.05) is 0 Å². The van der Waals surface area contributed by atoms with Crippen LogP contribution in [0.5, 0.6) is 0 Å². The Kier molecular flexibility index (Phi) is 2.60. The van der Waals surface area contributed by atoms with Crippen molar-refractivity contribution in [3.8, 4) is 0 Å². The molecule has 0 unspecified atom stereocenters. The predicted octanol–water partition coefficient (Wildman–Crippen LogP) is 2.26.